The lowest BCUT2D eigenvalue weighted by atomic mass is 10.0. The van der Waals surface area contributed by atoms with Crippen molar-refractivity contribution in [3.05, 3.63) is 65.7 Å². The average molecular weight is 590 g/mol. The van der Waals surface area contributed by atoms with Crippen LogP contribution in [0.2, 0.25) is 0 Å². The van der Waals surface area contributed by atoms with Crippen LogP contribution < -0.4 is 20.7 Å². The Morgan fingerprint density at radius 2 is 1.74 bits per heavy atom. The number of fused-ring (bicyclic) bond motifs is 2. The predicted octanol–water partition coefficient (Wildman–Crippen LogP) is 1.41. The van der Waals surface area contributed by atoms with Crippen LogP contribution in [0.3, 0.4) is 0 Å². The molecule has 2 aromatic carbocycles. The zero-order chi connectivity index (χ0) is 30.2. The molecule has 3 heterocycles. The first-order valence-corrected chi connectivity index (χ1v) is 15.1. The van der Waals surface area contributed by atoms with Gasteiger partial charge in [-0.05, 0) is 43.4 Å². The van der Waals surface area contributed by atoms with Crippen LogP contribution in [0.5, 0.6) is 5.75 Å². The summed E-state index contributed by atoms with van der Waals surface area (Å²) in [5.41, 5.74) is 1.13. The molecule has 3 N–H and O–H groups in total. The largest absolute Gasteiger partial charge is 0.491 e. The minimum Gasteiger partial charge on any atom is -0.491 e. The smallest absolute Gasteiger partial charge is 0.255 e. The van der Waals surface area contributed by atoms with Crippen molar-refractivity contribution in [1.29, 1.82) is 0 Å². The van der Waals surface area contributed by atoms with Crippen LogP contribution in [0.1, 0.15) is 54.4 Å². The molecule has 0 radical (unpaired) electrons. The van der Waals surface area contributed by atoms with Gasteiger partial charge in [-0.25, -0.2) is 0 Å². The van der Waals surface area contributed by atoms with E-state index in [1.807, 2.05) is 30.3 Å². The summed E-state index contributed by atoms with van der Waals surface area (Å²) in [6.45, 7) is 2.27. The molecule has 0 bridgehead atoms. The molecule has 2 aromatic rings. The van der Waals surface area contributed by atoms with Crippen LogP contribution in [0.15, 0.2) is 54.6 Å². The van der Waals surface area contributed by atoms with Crippen LogP contribution in [-0.2, 0) is 25.6 Å². The van der Waals surface area contributed by atoms with E-state index in [1.165, 1.54) is 0 Å². The quantitative estimate of drug-likeness (QED) is 0.418. The molecule has 5 rings (SSSR count). The number of amides is 5. The molecule has 3 aliphatic heterocycles. The molecular weight excluding hydrogens is 550 g/mol. The minimum atomic E-state index is -1.19. The zero-order valence-corrected chi connectivity index (χ0v) is 24.3. The molecule has 0 spiro atoms. The maximum Gasteiger partial charge on any atom is 0.255 e. The number of nitrogens with one attached hydrogen (secondary N) is 3. The van der Waals surface area contributed by atoms with Crippen molar-refractivity contribution in [2.45, 2.75) is 63.1 Å². The maximum atomic E-state index is 13.8. The Labute approximate surface area is 251 Å². The summed E-state index contributed by atoms with van der Waals surface area (Å²) in [5.74, 6) is -1.32. The summed E-state index contributed by atoms with van der Waals surface area (Å²) in [4.78, 5) is 69.4. The first-order chi connectivity index (χ1) is 20.9. The molecule has 228 valence electrons. The molecule has 3 atom stereocenters. The third kappa shape index (κ3) is 7.71. The van der Waals surface area contributed by atoms with Gasteiger partial charge in [-0.15, -0.1) is 0 Å². The van der Waals surface area contributed by atoms with Gasteiger partial charge in [0.25, 0.3) is 5.91 Å². The van der Waals surface area contributed by atoms with E-state index in [-0.39, 0.29) is 49.4 Å². The molecule has 43 heavy (non-hydrogen) atoms. The van der Waals surface area contributed by atoms with E-state index in [2.05, 4.69) is 16.0 Å². The van der Waals surface area contributed by atoms with Gasteiger partial charge in [-0.1, -0.05) is 42.5 Å². The van der Waals surface area contributed by atoms with Crippen molar-refractivity contribution in [2.75, 3.05) is 32.8 Å². The third-order valence-corrected chi connectivity index (χ3v) is 8.23. The fourth-order valence-electron chi connectivity index (χ4n) is 5.94. The number of benzene rings is 2. The van der Waals surface area contributed by atoms with Gasteiger partial charge >= 0.3 is 0 Å². The minimum absolute atomic E-state index is 0.113. The number of para-hydroxylation sites is 1. The summed E-state index contributed by atoms with van der Waals surface area (Å²) < 4.78 is 6.10. The maximum absolute atomic E-state index is 13.8. The number of carbonyl (C=O) groups excluding carboxylic acids is 5. The van der Waals surface area contributed by atoms with E-state index in [0.29, 0.717) is 38.2 Å². The van der Waals surface area contributed by atoms with E-state index in [0.717, 1.165) is 24.8 Å². The number of rotatable bonds is 7. The highest BCUT2D eigenvalue weighted by Gasteiger charge is 2.36. The third-order valence-electron chi connectivity index (χ3n) is 8.23. The Morgan fingerprint density at radius 1 is 0.953 bits per heavy atom. The lowest BCUT2D eigenvalue weighted by molar-refractivity contribution is -0.138. The average Bonchev–Trinajstić information content (AvgIpc) is 3.65. The zero-order valence-electron chi connectivity index (χ0n) is 24.3. The van der Waals surface area contributed by atoms with Crippen LogP contribution in [-0.4, -0.2) is 90.2 Å². The van der Waals surface area contributed by atoms with Crippen molar-refractivity contribution < 1.29 is 28.7 Å². The van der Waals surface area contributed by atoms with Gasteiger partial charge < -0.3 is 30.5 Å². The highest BCUT2D eigenvalue weighted by atomic mass is 16.5. The van der Waals surface area contributed by atoms with Gasteiger partial charge in [0.05, 0.1) is 18.0 Å². The number of hydrogen-bond acceptors (Lipinski definition) is 6. The highest BCUT2D eigenvalue weighted by Crippen LogP contribution is 2.24. The van der Waals surface area contributed by atoms with E-state index in [1.54, 1.807) is 34.1 Å². The normalized spacial score (nSPS) is 23.0. The standard InChI is InChI=1S/C32H39N5O6/c38-28-20-25(31(41)33-15-8-17-36-16-7-14-29(36)39)35-30(40)24-12-4-5-13-27(24)43-21-23-11-6-18-37(23)32(42)26(34-28)19-22-9-2-1-3-10-22/h1-5,9-10,12-13,23,25-26H,6-8,11,14-21H2,(H,33,41)(H,34,38)(H,35,40)/t23-,25+,26+/m1/s1. The molecule has 2 fully saturated rings. The molecule has 11 nitrogen and oxygen atoms in total. The fourth-order valence-corrected chi connectivity index (χ4v) is 5.94. The highest BCUT2D eigenvalue weighted by molar-refractivity contribution is 6.01. The van der Waals surface area contributed by atoms with Crippen molar-refractivity contribution in [1.82, 2.24) is 25.8 Å². The molecule has 11 heteroatoms. The SMILES string of the molecule is O=C1C[C@@H](C(=O)NCCCN2CCCC2=O)NC(=O)c2ccccc2OC[C@H]2CCCN2C(=O)[C@H](Cc2ccccc2)N1. The lowest BCUT2D eigenvalue weighted by Crippen LogP contribution is -2.54. The van der Waals surface area contributed by atoms with Crippen molar-refractivity contribution in [3.63, 3.8) is 0 Å². The molecule has 0 aromatic heterocycles. The Morgan fingerprint density at radius 3 is 2.53 bits per heavy atom. The van der Waals surface area contributed by atoms with Crippen molar-refractivity contribution in [3.8, 4) is 5.75 Å². The fraction of sp³-hybridized carbons (Fsp3) is 0.469. The van der Waals surface area contributed by atoms with Crippen molar-refractivity contribution >= 4 is 29.5 Å². The second kappa shape index (κ2) is 14.2. The van der Waals surface area contributed by atoms with E-state index in [4.69, 9.17) is 4.74 Å². The number of likely N-dealkylation sites (tertiary alicyclic amines) is 1. The number of hydrogen-bond donors (Lipinski definition) is 3. The summed E-state index contributed by atoms with van der Waals surface area (Å²) in [6, 6.07) is 14.0. The summed E-state index contributed by atoms with van der Waals surface area (Å²) >= 11 is 0. The van der Waals surface area contributed by atoms with Crippen LogP contribution in [0.4, 0.5) is 0 Å². The Bertz CT molecular complexity index is 1330. The summed E-state index contributed by atoms with van der Waals surface area (Å²) in [5, 5.41) is 8.38. The summed E-state index contributed by atoms with van der Waals surface area (Å²) in [7, 11) is 0. The molecule has 0 aliphatic carbocycles. The molecule has 5 amide bonds. The van der Waals surface area contributed by atoms with Crippen LogP contribution in [0.25, 0.3) is 0 Å². The second-order valence-corrected chi connectivity index (χ2v) is 11.3. The Balaban J connectivity index is 1.35. The second-order valence-electron chi connectivity index (χ2n) is 11.3. The monoisotopic (exact) mass is 589 g/mol. The Hall–Kier alpha value is -4.41. The van der Waals surface area contributed by atoms with Gasteiger partial charge in [0, 0.05) is 39.0 Å². The molecular formula is C32H39N5O6. The first kappa shape index (κ1) is 30.1. The summed E-state index contributed by atoms with van der Waals surface area (Å²) in [6.07, 6.45) is 3.43. The molecule has 3 aliphatic rings. The Kier molecular flexibility index (Phi) is 9.91. The lowest BCUT2D eigenvalue weighted by Gasteiger charge is -2.30. The number of carbonyl (C=O) groups is 5. The van der Waals surface area contributed by atoms with E-state index >= 15 is 0 Å². The van der Waals surface area contributed by atoms with E-state index < -0.39 is 29.8 Å². The topological polar surface area (TPSA) is 137 Å². The number of nitrogens with zero attached hydrogens (tertiary/aromatic N) is 2. The van der Waals surface area contributed by atoms with Gasteiger partial charge in [-0.2, -0.15) is 0 Å². The molecule has 0 saturated carbocycles. The van der Waals surface area contributed by atoms with Crippen LogP contribution >= 0.6 is 0 Å². The first-order valence-electron chi connectivity index (χ1n) is 15.1. The van der Waals surface area contributed by atoms with E-state index in [9.17, 15) is 24.0 Å². The van der Waals surface area contributed by atoms with Crippen LogP contribution in [0, 0.1) is 0 Å². The van der Waals surface area contributed by atoms with Gasteiger partial charge in [0.15, 0.2) is 0 Å². The van der Waals surface area contributed by atoms with Gasteiger partial charge in [0.1, 0.15) is 24.4 Å². The van der Waals surface area contributed by atoms with Gasteiger partial charge in [0.2, 0.25) is 23.6 Å². The number of ether oxygens (including phenoxy) is 1. The van der Waals surface area contributed by atoms with Crippen molar-refractivity contribution in [2.24, 2.45) is 0 Å². The predicted molar refractivity (Wildman–Crippen MR) is 158 cm³/mol. The molecule has 2 saturated heterocycles. The van der Waals surface area contributed by atoms with Gasteiger partial charge in [-0.3, -0.25) is 24.0 Å². The molecule has 0 unspecified atom stereocenters.